The first-order valence-corrected chi connectivity index (χ1v) is 7.07. The number of methoxy groups -OCH3 is 2. The number of hydrogen-bond donors (Lipinski definition) is 1. The van der Waals surface area contributed by atoms with Crippen LogP contribution in [0, 0.1) is 5.82 Å². The molecular formula is C14H18BrFO3. The van der Waals surface area contributed by atoms with Crippen LogP contribution in [0.15, 0.2) is 16.6 Å². The molecule has 0 aliphatic heterocycles. The summed E-state index contributed by atoms with van der Waals surface area (Å²) in [6, 6.07) is 2.85. The predicted octanol–water partition coefficient (Wildman–Crippen LogP) is 3.59. The molecule has 1 aromatic carbocycles. The van der Waals surface area contributed by atoms with Gasteiger partial charge in [-0.3, -0.25) is 0 Å². The number of aliphatic hydroxyl groups excluding tert-OH is 1. The predicted molar refractivity (Wildman–Crippen MR) is 73.8 cm³/mol. The first-order valence-electron chi connectivity index (χ1n) is 6.27. The van der Waals surface area contributed by atoms with Crippen LogP contribution in [0.1, 0.15) is 37.4 Å². The summed E-state index contributed by atoms with van der Waals surface area (Å²) in [5.41, 5.74) is 0.338. The van der Waals surface area contributed by atoms with Crippen LogP contribution in [-0.4, -0.2) is 24.9 Å². The van der Waals surface area contributed by atoms with Crippen molar-refractivity contribution in [2.45, 2.75) is 37.4 Å². The molecule has 1 fully saturated rings. The van der Waals surface area contributed by atoms with Gasteiger partial charge in [0.2, 0.25) is 0 Å². The van der Waals surface area contributed by atoms with E-state index < -0.39 is 11.9 Å². The number of benzene rings is 1. The Kier molecular flexibility index (Phi) is 4.48. The van der Waals surface area contributed by atoms with E-state index in [1.165, 1.54) is 13.2 Å². The van der Waals surface area contributed by atoms with E-state index in [1.54, 1.807) is 13.2 Å². The number of halogens is 2. The first kappa shape index (κ1) is 14.8. The lowest BCUT2D eigenvalue weighted by atomic mass is 9.75. The Hall–Kier alpha value is -0.650. The Bertz CT molecular complexity index is 455. The fourth-order valence-electron chi connectivity index (χ4n) is 2.51. The summed E-state index contributed by atoms with van der Waals surface area (Å²) < 4.78 is 24.4. The maximum Gasteiger partial charge on any atom is 0.141 e. The molecule has 0 heterocycles. The molecular weight excluding hydrogens is 315 g/mol. The van der Waals surface area contributed by atoms with Gasteiger partial charge in [0.05, 0.1) is 23.3 Å². The van der Waals surface area contributed by atoms with Crippen molar-refractivity contribution in [2.24, 2.45) is 0 Å². The van der Waals surface area contributed by atoms with Crippen molar-refractivity contribution in [1.29, 1.82) is 0 Å². The highest BCUT2D eigenvalue weighted by atomic mass is 79.9. The molecule has 1 N–H and O–H groups in total. The van der Waals surface area contributed by atoms with Crippen LogP contribution in [0.4, 0.5) is 4.39 Å². The molecule has 0 aromatic heterocycles. The molecule has 0 saturated heterocycles. The zero-order valence-electron chi connectivity index (χ0n) is 11.1. The average Bonchev–Trinajstić information content (AvgIpc) is 2.36. The topological polar surface area (TPSA) is 38.7 Å². The van der Waals surface area contributed by atoms with E-state index in [0.29, 0.717) is 22.2 Å². The Labute approximate surface area is 120 Å². The van der Waals surface area contributed by atoms with E-state index in [4.69, 9.17) is 9.47 Å². The number of ether oxygens (including phenoxy) is 2. The molecule has 1 aliphatic carbocycles. The highest BCUT2D eigenvalue weighted by Gasteiger charge is 2.39. The van der Waals surface area contributed by atoms with Crippen molar-refractivity contribution in [2.75, 3.05) is 14.2 Å². The van der Waals surface area contributed by atoms with Crippen molar-refractivity contribution in [3.63, 3.8) is 0 Å². The Morgan fingerprint density at radius 2 is 2.11 bits per heavy atom. The van der Waals surface area contributed by atoms with Crippen LogP contribution < -0.4 is 4.74 Å². The van der Waals surface area contributed by atoms with Crippen molar-refractivity contribution in [1.82, 2.24) is 0 Å². The fraction of sp³-hybridized carbons (Fsp3) is 0.571. The normalized spacial score (nSPS) is 18.8. The molecule has 19 heavy (non-hydrogen) atoms. The minimum Gasteiger partial charge on any atom is -0.496 e. The van der Waals surface area contributed by atoms with E-state index in [9.17, 15) is 9.50 Å². The van der Waals surface area contributed by atoms with Crippen LogP contribution in [0.5, 0.6) is 5.75 Å². The van der Waals surface area contributed by atoms with Gasteiger partial charge >= 0.3 is 0 Å². The molecule has 1 saturated carbocycles. The van der Waals surface area contributed by atoms with Crippen molar-refractivity contribution in [3.8, 4) is 5.75 Å². The number of aliphatic hydroxyl groups is 1. The molecule has 0 radical (unpaired) electrons. The molecule has 0 spiro atoms. The molecule has 1 unspecified atom stereocenters. The van der Waals surface area contributed by atoms with Crippen LogP contribution in [0.25, 0.3) is 0 Å². The van der Waals surface area contributed by atoms with Crippen LogP contribution >= 0.6 is 15.9 Å². The number of rotatable bonds is 5. The van der Waals surface area contributed by atoms with Gasteiger partial charge in [-0.25, -0.2) is 4.39 Å². The standard InChI is InChI=1S/C14H18BrFO3/c1-18-13-7-11(16)10(15)6-9(13)12(17)8-14(19-2)4-3-5-14/h6-7,12,17H,3-5,8H2,1-2H3. The second-order valence-corrected chi connectivity index (χ2v) is 5.82. The van der Waals surface area contributed by atoms with Crippen LogP contribution in [-0.2, 0) is 4.74 Å². The van der Waals surface area contributed by atoms with Crippen LogP contribution in [0.3, 0.4) is 0 Å². The molecule has 2 rings (SSSR count). The third-order valence-corrected chi connectivity index (χ3v) is 4.50. The van der Waals surface area contributed by atoms with Gasteiger partial charge in [0.25, 0.3) is 0 Å². The molecule has 0 bridgehead atoms. The maximum atomic E-state index is 13.5. The zero-order chi connectivity index (χ0) is 14.0. The fourth-order valence-corrected chi connectivity index (χ4v) is 2.87. The lowest BCUT2D eigenvalue weighted by molar-refractivity contribution is -0.100. The van der Waals surface area contributed by atoms with E-state index in [-0.39, 0.29) is 5.60 Å². The third kappa shape index (κ3) is 2.93. The summed E-state index contributed by atoms with van der Waals surface area (Å²) in [7, 11) is 3.14. The van der Waals surface area contributed by atoms with Crippen LogP contribution in [0.2, 0.25) is 0 Å². The maximum absolute atomic E-state index is 13.5. The van der Waals surface area contributed by atoms with Gasteiger partial charge in [-0.1, -0.05) is 0 Å². The number of hydrogen-bond acceptors (Lipinski definition) is 3. The van der Waals surface area contributed by atoms with Gasteiger partial charge in [0.15, 0.2) is 0 Å². The van der Waals surface area contributed by atoms with E-state index >= 15 is 0 Å². The van der Waals surface area contributed by atoms with Gasteiger partial charge in [0.1, 0.15) is 11.6 Å². The minimum absolute atomic E-state index is 0.245. The van der Waals surface area contributed by atoms with E-state index in [0.717, 1.165) is 19.3 Å². The Morgan fingerprint density at radius 1 is 1.42 bits per heavy atom. The summed E-state index contributed by atoms with van der Waals surface area (Å²) in [6.07, 6.45) is 2.78. The third-order valence-electron chi connectivity index (χ3n) is 3.89. The summed E-state index contributed by atoms with van der Waals surface area (Å²) >= 11 is 3.13. The second kappa shape index (κ2) is 5.77. The summed E-state index contributed by atoms with van der Waals surface area (Å²) in [4.78, 5) is 0. The monoisotopic (exact) mass is 332 g/mol. The molecule has 0 amide bonds. The molecule has 1 aliphatic rings. The van der Waals surface area contributed by atoms with Crippen molar-refractivity contribution >= 4 is 15.9 Å². The van der Waals surface area contributed by atoms with Crippen molar-refractivity contribution in [3.05, 3.63) is 28.0 Å². The second-order valence-electron chi connectivity index (χ2n) is 4.97. The first-order chi connectivity index (χ1) is 9.01. The highest BCUT2D eigenvalue weighted by Crippen LogP contribution is 2.43. The van der Waals surface area contributed by atoms with Crippen molar-refractivity contribution < 1.29 is 19.0 Å². The summed E-state index contributed by atoms with van der Waals surface area (Å²) in [5.74, 6) is -0.0447. The largest absolute Gasteiger partial charge is 0.496 e. The minimum atomic E-state index is -0.730. The van der Waals surface area contributed by atoms with E-state index in [2.05, 4.69) is 15.9 Å². The molecule has 106 valence electrons. The smallest absolute Gasteiger partial charge is 0.141 e. The summed E-state index contributed by atoms with van der Waals surface area (Å²) in [6.45, 7) is 0. The van der Waals surface area contributed by atoms with E-state index in [1.807, 2.05) is 0 Å². The quantitative estimate of drug-likeness (QED) is 0.895. The Morgan fingerprint density at radius 3 is 2.58 bits per heavy atom. The van der Waals surface area contributed by atoms with Gasteiger partial charge < -0.3 is 14.6 Å². The van der Waals surface area contributed by atoms with Gasteiger partial charge in [-0.05, 0) is 41.3 Å². The van der Waals surface area contributed by atoms with Gasteiger partial charge in [-0.2, -0.15) is 0 Å². The lowest BCUT2D eigenvalue weighted by Crippen LogP contribution is -2.40. The SMILES string of the molecule is COc1cc(F)c(Br)cc1C(O)CC1(OC)CCC1. The molecule has 3 nitrogen and oxygen atoms in total. The Balaban J connectivity index is 2.23. The van der Waals surface area contributed by atoms with Gasteiger partial charge in [0, 0.05) is 25.2 Å². The molecule has 1 atom stereocenters. The lowest BCUT2D eigenvalue weighted by Gasteiger charge is -2.42. The zero-order valence-corrected chi connectivity index (χ0v) is 12.7. The average molecular weight is 333 g/mol. The molecule has 1 aromatic rings. The van der Waals surface area contributed by atoms with Gasteiger partial charge in [-0.15, -0.1) is 0 Å². The molecule has 5 heteroatoms. The highest BCUT2D eigenvalue weighted by molar-refractivity contribution is 9.10. The summed E-state index contributed by atoms with van der Waals surface area (Å²) in [5, 5.41) is 10.4.